The van der Waals surface area contributed by atoms with Gasteiger partial charge in [-0.25, -0.2) is 4.98 Å². The number of hydrogen-bond acceptors (Lipinski definition) is 5. The quantitative estimate of drug-likeness (QED) is 0.549. The van der Waals surface area contributed by atoms with Gasteiger partial charge in [-0.15, -0.1) is 0 Å². The number of rotatable bonds is 8. The highest BCUT2D eigenvalue weighted by atomic mass is 32.2. The first kappa shape index (κ1) is 19.7. The van der Waals surface area contributed by atoms with Crippen molar-refractivity contribution in [2.75, 3.05) is 11.1 Å². The first-order chi connectivity index (χ1) is 12.6. The number of hydrogen-bond donors (Lipinski definition) is 2. The fourth-order valence-corrected chi connectivity index (χ4v) is 3.08. The molecule has 0 aliphatic rings. The topological polar surface area (TPSA) is 98.6 Å². The number of H-pyrrole nitrogens is 1. The van der Waals surface area contributed by atoms with E-state index in [-0.39, 0.29) is 17.2 Å². The predicted octanol–water partition coefficient (Wildman–Crippen LogP) is 3.28. The van der Waals surface area contributed by atoms with Crippen LogP contribution < -0.4 is 10.9 Å². The zero-order chi connectivity index (χ0) is 18.9. The van der Waals surface area contributed by atoms with Gasteiger partial charge in [-0.05, 0) is 37.0 Å². The van der Waals surface area contributed by atoms with Gasteiger partial charge in [-0.2, -0.15) is 5.26 Å². The summed E-state index contributed by atoms with van der Waals surface area (Å²) in [6.07, 6.45) is 3.83. The van der Waals surface area contributed by atoms with E-state index >= 15 is 0 Å². The molecule has 1 aromatic carbocycles. The van der Waals surface area contributed by atoms with Crippen molar-refractivity contribution in [2.45, 2.75) is 44.7 Å². The van der Waals surface area contributed by atoms with E-state index in [0.717, 1.165) is 36.7 Å². The van der Waals surface area contributed by atoms with E-state index in [1.165, 1.54) is 5.56 Å². The molecule has 2 rings (SSSR count). The highest BCUT2D eigenvalue weighted by molar-refractivity contribution is 7.99. The maximum absolute atomic E-state index is 12.1. The lowest BCUT2D eigenvalue weighted by molar-refractivity contribution is -0.113. The average molecular weight is 370 g/mol. The van der Waals surface area contributed by atoms with Crippen LogP contribution in [0.4, 0.5) is 5.69 Å². The fraction of sp³-hybridized carbons (Fsp3) is 0.368. The Morgan fingerprint density at radius 3 is 2.65 bits per heavy atom. The highest BCUT2D eigenvalue weighted by Gasteiger charge is 2.11. The minimum atomic E-state index is -0.468. The predicted molar refractivity (Wildman–Crippen MR) is 103 cm³/mol. The molecule has 2 N–H and O–H groups in total. The summed E-state index contributed by atoms with van der Waals surface area (Å²) in [7, 11) is 0. The SMILES string of the molecule is CCCCc1ccc(NC(=O)CSc2nc(CC)c(C#N)c(=O)[nH]2)cc1. The van der Waals surface area contributed by atoms with Crippen molar-refractivity contribution in [3.63, 3.8) is 0 Å². The number of benzene rings is 1. The maximum atomic E-state index is 12.1. The summed E-state index contributed by atoms with van der Waals surface area (Å²) >= 11 is 1.14. The summed E-state index contributed by atoms with van der Waals surface area (Å²) in [4.78, 5) is 30.8. The summed E-state index contributed by atoms with van der Waals surface area (Å²) in [5, 5.41) is 12.2. The molecular weight excluding hydrogens is 348 g/mol. The number of thioether (sulfide) groups is 1. The van der Waals surface area contributed by atoms with Crippen LogP contribution in [0.2, 0.25) is 0 Å². The number of nitrogens with zero attached hydrogens (tertiary/aromatic N) is 2. The number of carbonyl (C=O) groups is 1. The smallest absolute Gasteiger partial charge is 0.269 e. The Hall–Kier alpha value is -2.59. The lowest BCUT2D eigenvalue weighted by Crippen LogP contribution is -2.18. The van der Waals surface area contributed by atoms with Crippen molar-refractivity contribution < 1.29 is 4.79 Å². The van der Waals surface area contributed by atoms with Crippen LogP contribution in [0.3, 0.4) is 0 Å². The molecule has 1 heterocycles. The van der Waals surface area contributed by atoms with E-state index in [9.17, 15) is 9.59 Å². The van der Waals surface area contributed by atoms with Crippen LogP contribution in [-0.2, 0) is 17.6 Å². The lowest BCUT2D eigenvalue weighted by Gasteiger charge is -2.07. The molecule has 0 fully saturated rings. The van der Waals surface area contributed by atoms with Gasteiger partial charge in [-0.1, -0.05) is 44.2 Å². The molecule has 2 aromatic rings. The monoisotopic (exact) mass is 370 g/mol. The van der Waals surface area contributed by atoms with Gasteiger partial charge >= 0.3 is 0 Å². The molecule has 0 aliphatic carbocycles. The second kappa shape index (κ2) is 9.78. The minimum absolute atomic E-state index is 0.0319. The molecule has 7 heteroatoms. The number of aromatic amines is 1. The third-order valence-corrected chi connectivity index (χ3v) is 4.69. The number of nitriles is 1. The number of aromatic nitrogens is 2. The Labute approximate surface area is 157 Å². The molecular formula is C19H22N4O2S. The van der Waals surface area contributed by atoms with Crippen LogP contribution in [0.25, 0.3) is 0 Å². The Bertz CT molecular complexity index is 853. The molecule has 6 nitrogen and oxygen atoms in total. The summed E-state index contributed by atoms with van der Waals surface area (Å²) in [6.45, 7) is 3.99. The third kappa shape index (κ3) is 5.46. The number of amides is 1. The van der Waals surface area contributed by atoms with Gasteiger partial charge in [0.15, 0.2) is 5.16 Å². The molecule has 0 spiro atoms. The number of unbranched alkanes of at least 4 members (excludes halogenated alkanes) is 1. The van der Waals surface area contributed by atoms with E-state index in [2.05, 4.69) is 22.2 Å². The van der Waals surface area contributed by atoms with E-state index in [0.29, 0.717) is 17.3 Å². The van der Waals surface area contributed by atoms with Gasteiger partial charge in [0.05, 0.1) is 11.4 Å². The number of carbonyl (C=O) groups excluding carboxylic acids is 1. The average Bonchev–Trinajstić information content (AvgIpc) is 2.65. The van der Waals surface area contributed by atoms with Crippen molar-refractivity contribution in [1.29, 1.82) is 5.26 Å². The Kier molecular flexibility index (Phi) is 7.42. The molecule has 1 amide bonds. The van der Waals surface area contributed by atoms with E-state index in [4.69, 9.17) is 5.26 Å². The standard InChI is InChI=1S/C19H22N4O2S/c1-3-5-6-13-7-9-14(10-8-13)21-17(24)12-26-19-22-16(4-2)15(11-20)18(25)23-19/h7-10H,3-6,12H2,1-2H3,(H,21,24)(H,22,23,25). The van der Waals surface area contributed by atoms with Gasteiger partial charge in [0.1, 0.15) is 11.6 Å². The van der Waals surface area contributed by atoms with Gasteiger partial charge in [-0.3, -0.25) is 9.59 Å². The zero-order valence-corrected chi connectivity index (χ0v) is 15.8. The summed E-state index contributed by atoms with van der Waals surface area (Å²) in [5.74, 6) is -0.0587. The molecule has 0 radical (unpaired) electrons. The van der Waals surface area contributed by atoms with Gasteiger partial charge in [0.2, 0.25) is 5.91 Å². The lowest BCUT2D eigenvalue weighted by atomic mass is 10.1. The molecule has 0 saturated carbocycles. The van der Waals surface area contributed by atoms with Crippen molar-refractivity contribution in [2.24, 2.45) is 0 Å². The molecule has 136 valence electrons. The van der Waals surface area contributed by atoms with Crippen molar-refractivity contribution in [1.82, 2.24) is 9.97 Å². The summed E-state index contributed by atoms with van der Waals surface area (Å²) in [5.41, 5.74) is 2.01. The fourth-order valence-electron chi connectivity index (χ4n) is 2.40. The Morgan fingerprint density at radius 1 is 1.31 bits per heavy atom. The molecule has 0 saturated heterocycles. The summed E-state index contributed by atoms with van der Waals surface area (Å²) in [6, 6.07) is 9.69. The normalized spacial score (nSPS) is 10.3. The van der Waals surface area contributed by atoms with Crippen LogP contribution in [0.15, 0.2) is 34.2 Å². The number of aryl methyl sites for hydroxylation is 2. The highest BCUT2D eigenvalue weighted by Crippen LogP contribution is 2.15. The maximum Gasteiger partial charge on any atom is 0.269 e. The van der Waals surface area contributed by atoms with E-state index < -0.39 is 5.56 Å². The van der Waals surface area contributed by atoms with Crippen molar-refractivity contribution >= 4 is 23.4 Å². The van der Waals surface area contributed by atoms with Gasteiger partial charge < -0.3 is 10.3 Å². The van der Waals surface area contributed by atoms with Crippen LogP contribution in [0.5, 0.6) is 0 Å². The summed E-state index contributed by atoms with van der Waals surface area (Å²) < 4.78 is 0. The second-order valence-electron chi connectivity index (χ2n) is 5.80. The van der Waals surface area contributed by atoms with Crippen LogP contribution >= 0.6 is 11.8 Å². The first-order valence-corrected chi connectivity index (χ1v) is 9.60. The second-order valence-corrected chi connectivity index (χ2v) is 6.76. The van der Waals surface area contributed by atoms with E-state index in [1.807, 2.05) is 37.3 Å². The molecule has 0 bridgehead atoms. The molecule has 26 heavy (non-hydrogen) atoms. The van der Waals surface area contributed by atoms with Crippen LogP contribution in [0.1, 0.15) is 43.5 Å². The Morgan fingerprint density at radius 2 is 2.04 bits per heavy atom. The van der Waals surface area contributed by atoms with Crippen molar-refractivity contribution in [3.05, 3.63) is 51.4 Å². The zero-order valence-electron chi connectivity index (χ0n) is 15.0. The van der Waals surface area contributed by atoms with Crippen LogP contribution in [-0.4, -0.2) is 21.6 Å². The molecule has 1 aromatic heterocycles. The number of anilines is 1. The first-order valence-electron chi connectivity index (χ1n) is 8.62. The number of nitrogens with one attached hydrogen (secondary N) is 2. The van der Waals surface area contributed by atoms with E-state index in [1.54, 1.807) is 0 Å². The molecule has 0 unspecified atom stereocenters. The van der Waals surface area contributed by atoms with Gasteiger partial charge in [0, 0.05) is 5.69 Å². The third-order valence-electron chi connectivity index (χ3n) is 3.82. The van der Waals surface area contributed by atoms with Crippen LogP contribution in [0, 0.1) is 11.3 Å². The largest absolute Gasteiger partial charge is 0.325 e. The molecule has 0 aliphatic heterocycles. The Balaban J connectivity index is 1.94. The van der Waals surface area contributed by atoms with Crippen molar-refractivity contribution in [3.8, 4) is 6.07 Å². The molecule has 0 atom stereocenters. The van der Waals surface area contributed by atoms with Gasteiger partial charge in [0.25, 0.3) is 5.56 Å². The minimum Gasteiger partial charge on any atom is -0.325 e.